The van der Waals surface area contributed by atoms with Crippen LogP contribution in [0.3, 0.4) is 0 Å². The lowest BCUT2D eigenvalue weighted by Crippen LogP contribution is -2.31. The molecule has 1 atom stereocenters. The standard InChI is InChI=1S/C15H24N2O/c1-11(2)18-14-8-6-13(7-9-14)15(17-16)10-12-4-3-5-12/h6-9,11-12,15,17H,3-5,10,16H2,1-2H3. The van der Waals surface area contributed by atoms with Gasteiger partial charge in [0.2, 0.25) is 0 Å². The van der Waals surface area contributed by atoms with Gasteiger partial charge in [0, 0.05) is 6.04 Å². The summed E-state index contributed by atoms with van der Waals surface area (Å²) in [5.74, 6) is 7.44. The van der Waals surface area contributed by atoms with Gasteiger partial charge in [-0.05, 0) is 43.9 Å². The highest BCUT2D eigenvalue weighted by Crippen LogP contribution is 2.34. The first-order valence-electron chi connectivity index (χ1n) is 6.91. The Morgan fingerprint density at radius 1 is 1.28 bits per heavy atom. The van der Waals surface area contributed by atoms with E-state index in [4.69, 9.17) is 10.6 Å². The van der Waals surface area contributed by atoms with Crippen molar-refractivity contribution in [3.8, 4) is 5.75 Å². The summed E-state index contributed by atoms with van der Waals surface area (Å²) in [5, 5.41) is 0. The lowest BCUT2D eigenvalue weighted by atomic mass is 9.80. The topological polar surface area (TPSA) is 47.3 Å². The van der Waals surface area contributed by atoms with Crippen LogP contribution in [0, 0.1) is 5.92 Å². The maximum absolute atomic E-state index is 5.67. The van der Waals surface area contributed by atoms with E-state index in [2.05, 4.69) is 17.6 Å². The number of benzene rings is 1. The van der Waals surface area contributed by atoms with Crippen molar-refractivity contribution in [2.75, 3.05) is 0 Å². The average Bonchev–Trinajstić information content (AvgIpc) is 2.29. The van der Waals surface area contributed by atoms with Crippen molar-refractivity contribution in [1.82, 2.24) is 5.43 Å². The van der Waals surface area contributed by atoms with Crippen LogP contribution >= 0.6 is 0 Å². The van der Waals surface area contributed by atoms with Crippen LogP contribution in [0.5, 0.6) is 5.75 Å². The second-order valence-electron chi connectivity index (χ2n) is 5.49. The highest BCUT2D eigenvalue weighted by Gasteiger charge is 2.22. The van der Waals surface area contributed by atoms with Crippen LogP contribution in [0.1, 0.15) is 51.1 Å². The van der Waals surface area contributed by atoms with Gasteiger partial charge >= 0.3 is 0 Å². The summed E-state index contributed by atoms with van der Waals surface area (Å²) in [7, 11) is 0. The van der Waals surface area contributed by atoms with E-state index in [1.807, 2.05) is 26.0 Å². The smallest absolute Gasteiger partial charge is 0.119 e. The number of nitrogens with two attached hydrogens (primary N) is 1. The molecule has 1 fully saturated rings. The third-order valence-corrected chi connectivity index (χ3v) is 3.65. The molecule has 3 nitrogen and oxygen atoms in total. The van der Waals surface area contributed by atoms with E-state index in [0.29, 0.717) is 0 Å². The Bertz CT molecular complexity index is 357. The largest absolute Gasteiger partial charge is 0.491 e. The van der Waals surface area contributed by atoms with Crippen molar-refractivity contribution >= 4 is 0 Å². The SMILES string of the molecule is CC(C)Oc1ccc(C(CC2CCC2)NN)cc1. The number of hydrogen-bond acceptors (Lipinski definition) is 3. The molecule has 3 heteroatoms. The molecule has 0 bridgehead atoms. The van der Waals surface area contributed by atoms with E-state index in [1.54, 1.807) is 0 Å². The number of hydrazine groups is 1. The minimum Gasteiger partial charge on any atom is -0.491 e. The number of nitrogens with one attached hydrogen (secondary N) is 1. The quantitative estimate of drug-likeness (QED) is 0.600. The van der Waals surface area contributed by atoms with Gasteiger partial charge in [0.05, 0.1) is 6.10 Å². The fourth-order valence-electron chi connectivity index (χ4n) is 2.41. The lowest BCUT2D eigenvalue weighted by Gasteiger charge is -2.29. The minimum absolute atomic E-state index is 0.217. The van der Waals surface area contributed by atoms with Gasteiger partial charge in [-0.3, -0.25) is 11.3 Å². The van der Waals surface area contributed by atoms with E-state index >= 15 is 0 Å². The van der Waals surface area contributed by atoms with Crippen molar-refractivity contribution in [2.24, 2.45) is 11.8 Å². The fraction of sp³-hybridized carbons (Fsp3) is 0.600. The molecule has 1 aromatic rings. The van der Waals surface area contributed by atoms with Crippen LogP contribution in [0.25, 0.3) is 0 Å². The summed E-state index contributed by atoms with van der Waals surface area (Å²) in [4.78, 5) is 0. The van der Waals surface area contributed by atoms with E-state index in [9.17, 15) is 0 Å². The maximum atomic E-state index is 5.67. The fourth-order valence-corrected chi connectivity index (χ4v) is 2.41. The van der Waals surface area contributed by atoms with Crippen LogP contribution in [0.4, 0.5) is 0 Å². The average molecular weight is 248 g/mol. The van der Waals surface area contributed by atoms with Gasteiger partial charge in [-0.25, -0.2) is 0 Å². The molecular weight excluding hydrogens is 224 g/mol. The minimum atomic E-state index is 0.217. The first kappa shape index (κ1) is 13.4. The van der Waals surface area contributed by atoms with Gasteiger partial charge in [-0.1, -0.05) is 31.4 Å². The summed E-state index contributed by atoms with van der Waals surface area (Å²) >= 11 is 0. The summed E-state index contributed by atoms with van der Waals surface area (Å²) in [6, 6.07) is 8.55. The zero-order valence-corrected chi connectivity index (χ0v) is 11.4. The Hall–Kier alpha value is -1.06. The second-order valence-corrected chi connectivity index (χ2v) is 5.49. The number of hydrogen-bond donors (Lipinski definition) is 2. The molecule has 2 rings (SSSR count). The first-order valence-corrected chi connectivity index (χ1v) is 6.91. The summed E-state index contributed by atoms with van der Waals surface area (Å²) in [6.45, 7) is 4.07. The Kier molecular flexibility index (Phi) is 4.61. The molecule has 0 aliphatic heterocycles. The Morgan fingerprint density at radius 2 is 1.94 bits per heavy atom. The zero-order chi connectivity index (χ0) is 13.0. The molecular formula is C15H24N2O. The molecule has 1 unspecified atom stereocenters. The molecule has 0 aromatic heterocycles. The molecule has 0 radical (unpaired) electrons. The molecule has 18 heavy (non-hydrogen) atoms. The molecule has 0 saturated heterocycles. The summed E-state index contributed by atoms with van der Waals surface area (Å²) in [6.07, 6.45) is 5.44. The van der Waals surface area contributed by atoms with Gasteiger partial charge in [0.25, 0.3) is 0 Å². The van der Waals surface area contributed by atoms with Crippen molar-refractivity contribution in [3.63, 3.8) is 0 Å². The summed E-state index contributed by atoms with van der Waals surface area (Å²) in [5.41, 5.74) is 4.19. The molecule has 1 saturated carbocycles. The Morgan fingerprint density at radius 3 is 2.39 bits per heavy atom. The van der Waals surface area contributed by atoms with Gasteiger partial charge in [0.1, 0.15) is 5.75 Å². The molecule has 3 N–H and O–H groups in total. The molecule has 0 amide bonds. The van der Waals surface area contributed by atoms with Crippen LogP contribution in [-0.4, -0.2) is 6.10 Å². The molecule has 0 heterocycles. The maximum Gasteiger partial charge on any atom is 0.119 e. The first-order chi connectivity index (χ1) is 8.69. The number of rotatable bonds is 6. The Balaban J connectivity index is 1.97. The van der Waals surface area contributed by atoms with E-state index in [-0.39, 0.29) is 12.1 Å². The molecule has 1 aliphatic carbocycles. The van der Waals surface area contributed by atoms with E-state index in [1.165, 1.54) is 24.8 Å². The Labute approximate surface area is 110 Å². The van der Waals surface area contributed by atoms with Crippen LogP contribution in [0.2, 0.25) is 0 Å². The predicted molar refractivity (Wildman–Crippen MR) is 74.2 cm³/mol. The molecule has 1 aromatic carbocycles. The monoisotopic (exact) mass is 248 g/mol. The molecule has 0 spiro atoms. The van der Waals surface area contributed by atoms with E-state index in [0.717, 1.165) is 18.1 Å². The predicted octanol–water partition coefficient (Wildman–Crippen LogP) is 3.17. The second kappa shape index (κ2) is 6.21. The molecule has 100 valence electrons. The van der Waals surface area contributed by atoms with Crippen molar-refractivity contribution < 1.29 is 4.74 Å². The highest BCUT2D eigenvalue weighted by molar-refractivity contribution is 5.29. The van der Waals surface area contributed by atoms with Gasteiger partial charge < -0.3 is 4.74 Å². The van der Waals surface area contributed by atoms with Crippen LogP contribution < -0.4 is 16.0 Å². The zero-order valence-electron chi connectivity index (χ0n) is 11.4. The van der Waals surface area contributed by atoms with Crippen LogP contribution in [-0.2, 0) is 0 Å². The third kappa shape index (κ3) is 3.47. The normalized spacial score (nSPS) is 17.6. The van der Waals surface area contributed by atoms with E-state index < -0.39 is 0 Å². The molecule has 1 aliphatic rings. The lowest BCUT2D eigenvalue weighted by molar-refractivity contribution is 0.242. The van der Waals surface area contributed by atoms with Crippen LogP contribution in [0.15, 0.2) is 24.3 Å². The third-order valence-electron chi connectivity index (χ3n) is 3.65. The summed E-state index contributed by atoms with van der Waals surface area (Å²) < 4.78 is 5.64. The van der Waals surface area contributed by atoms with Gasteiger partial charge in [0.15, 0.2) is 0 Å². The highest BCUT2D eigenvalue weighted by atomic mass is 16.5. The van der Waals surface area contributed by atoms with Gasteiger partial charge in [-0.2, -0.15) is 0 Å². The van der Waals surface area contributed by atoms with Crippen molar-refractivity contribution in [2.45, 2.75) is 51.7 Å². The van der Waals surface area contributed by atoms with Crippen molar-refractivity contribution in [3.05, 3.63) is 29.8 Å². The number of ether oxygens (including phenoxy) is 1. The van der Waals surface area contributed by atoms with Gasteiger partial charge in [-0.15, -0.1) is 0 Å². The van der Waals surface area contributed by atoms with Crippen molar-refractivity contribution in [1.29, 1.82) is 0 Å².